The summed E-state index contributed by atoms with van der Waals surface area (Å²) >= 11 is 0. The number of aryl methyl sites for hydroxylation is 2. The lowest BCUT2D eigenvalue weighted by molar-refractivity contribution is -0.163. The first-order chi connectivity index (χ1) is 10.0. The molecule has 0 radical (unpaired) electrons. The molecule has 3 heterocycles. The van der Waals surface area contributed by atoms with Crippen molar-refractivity contribution in [1.82, 2.24) is 15.0 Å². The largest absolute Gasteiger partial charge is 0.361 e. The molecule has 114 valence electrons. The molecule has 2 unspecified atom stereocenters. The zero-order valence-corrected chi connectivity index (χ0v) is 12.8. The Hall–Kier alpha value is -1.85. The number of carbonyl (C=O) groups is 2. The van der Waals surface area contributed by atoms with E-state index in [4.69, 9.17) is 4.52 Å². The minimum Gasteiger partial charge on any atom is -0.361 e. The maximum Gasteiger partial charge on any atom is 0.246 e. The van der Waals surface area contributed by atoms with E-state index in [9.17, 15) is 9.59 Å². The van der Waals surface area contributed by atoms with E-state index in [0.717, 1.165) is 30.5 Å². The molecule has 0 bridgehead atoms. The zero-order valence-electron chi connectivity index (χ0n) is 12.8. The number of fused-ring (bicyclic) bond motifs is 1. The highest BCUT2D eigenvalue weighted by Gasteiger charge is 2.44. The number of aromatic nitrogens is 1. The van der Waals surface area contributed by atoms with Crippen LogP contribution in [0, 0.1) is 13.8 Å². The van der Waals surface area contributed by atoms with E-state index in [1.54, 1.807) is 9.80 Å². The maximum absolute atomic E-state index is 12.7. The number of hydrogen-bond donors (Lipinski definition) is 0. The quantitative estimate of drug-likeness (QED) is 0.826. The molecule has 0 saturated carbocycles. The van der Waals surface area contributed by atoms with E-state index in [0.29, 0.717) is 18.8 Å². The molecular weight excluding hydrogens is 270 g/mol. The molecular formula is C15H21N3O3. The van der Waals surface area contributed by atoms with Crippen molar-refractivity contribution < 1.29 is 14.1 Å². The van der Waals surface area contributed by atoms with Gasteiger partial charge >= 0.3 is 0 Å². The first-order valence-corrected chi connectivity index (χ1v) is 7.53. The zero-order chi connectivity index (χ0) is 15.1. The van der Waals surface area contributed by atoms with Gasteiger partial charge in [-0.1, -0.05) is 5.16 Å². The second-order valence-corrected chi connectivity index (χ2v) is 5.99. The van der Waals surface area contributed by atoms with Crippen molar-refractivity contribution in [3.05, 3.63) is 17.0 Å². The number of piperazine rings is 1. The van der Waals surface area contributed by atoms with E-state index in [1.807, 2.05) is 20.8 Å². The van der Waals surface area contributed by atoms with Crippen LogP contribution in [0.2, 0.25) is 0 Å². The van der Waals surface area contributed by atoms with E-state index in [2.05, 4.69) is 5.16 Å². The topological polar surface area (TPSA) is 66.7 Å². The van der Waals surface area contributed by atoms with Gasteiger partial charge in [-0.15, -0.1) is 0 Å². The first kappa shape index (κ1) is 14.1. The highest BCUT2D eigenvalue weighted by atomic mass is 16.5. The molecule has 6 nitrogen and oxygen atoms in total. The Labute approximate surface area is 124 Å². The molecule has 0 N–H and O–H groups in total. The van der Waals surface area contributed by atoms with Gasteiger partial charge < -0.3 is 14.3 Å². The monoisotopic (exact) mass is 291 g/mol. The fourth-order valence-electron chi connectivity index (χ4n) is 3.32. The van der Waals surface area contributed by atoms with E-state index < -0.39 is 6.04 Å². The summed E-state index contributed by atoms with van der Waals surface area (Å²) in [4.78, 5) is 28.7. The van der Waals surface area contributed by atoms with Gasteiger partial charge in [0.05, 0.1) is 12.2 Å². The fraction of sp³-hybridized carbons (Fsp3) is 0.667. The molecule has 2 aliphatic rings. The molecule has 0 aromatic carbocycles. The third-order valence-electron chi connectivity index (χ3n) is 4.69. The molecule has 21 heavy (non-hydrogen) atoms. The molecule has 3 rings (SSSR count). The molecule has 2 atom stereocenters. The van der Waals surface area contributed by atoms with Gasteiger partial charge in [-0.25, -0.2) is 0 Å². The molecule has 1 aromatic rings. The van der Waals surface area contributed by atoms with Gasteiger partial charge in [-0.3, -0.25) is 9.59 Å². The van der Waals surface area contributed by atoms with Crippen molar-refractivity contribution >= 4 is 11.8 Å². The summed E-state index contributed by atoms with van der Waals surface area (Å²) in [6.07, 6.45) is 2.77. The van der Waals surface area contributed by atoms with E-state index in [1.165, 1.54) is 0 Å². The first-order valence-electron chi connectivity index (χ1n) is 7.53. The van der Waals surface area contributed by atoms with Crippen molar-refractivity contribution in [3.8, 4) is 0 Å². The van der Waals surface area contributed by atoms with Gasteiger partial charge in [0, 0.05) is 12.1 Å². The summed E-state index contributed by atoms with van der Waals surface area (Å²) in [5, 5.41) is 3.92. The van der Waals surface area contributed by atoms with Crippen LogP contribution < -0.4 is 0 Å². The van der Waals surface area contributed by atoms with Crippen molar-refractivity contribution in [3.63, 3.8) is 0 Å². The Kier molecular flexibility index (Phi) is 3.47. The SMILES string of the molecule is Cc1noc(C)c1CN1C(=O)C2CCCCN2C(=O)C1C. The number of rotatable bonds is 2. The number of carbonyl (C=O) groups excluding carboxylic acids is 2. The van der Waals surface area contributed by atoms with E-state index >= 15 is 0 Å². The van der Waals surface area contributed by atoms with Crippen LogP contribution in [0.5, 0.6) is 0 Å². The number of nitrogens with zero attached hydrogens (tertiary/aromatic N) is 3. The van der Waals surface area contributed by atoms with Crippen molar-refractivity contribution in [2.45, 2.75) is 58.7 Å². The lowest BCUT2D eigenvalue weighted by Crippen LogP contribution is -2.64. The molecule has 6 heteroatoms. The minimum absolute atomic E-state index is 0.0572. The summed E-state index contributed by atoms with van der Waals surface area (Å²) in [5.74, 6) is 0.832. The van der Waals surface area contributed by atoms with Crippen LogP contribution >= 0.6 is 0 Å². The Morgan fingerprint density at radius 2 is 2.00 bits per heavy atom. The molecule has 2 amide bonds. The Morgan fingerprint density at radius 1 is 1.24 bits per heavy atom. The van der Waals surface area contributed by atoms with Gasteiger partial charge in [-0.05, 0) is 40.0 Å². The van der Waals surface area contributed by atoms with Crippen LogP contribution in [0.25, 0.3) is 0 Å². The minimum atomic E-state index is -0.416. The summed E-state index contributed by atoms with van der Waals surface area (Å²) in [6, 6.07) is -0.691. The summed E-state index contributed by atoms with van der Waals surface area (Å²) in [6.45, 7) is 6.61. The average molecular weight is 291 g/mol. The number of hydrogen-bond acceptors (Lipinski definition) is 4. The van der Waals surface area contributed by atoms with Gasteiger partial charge in [0.1, 0.15) is 17.8 Å². The lowest BCUT2D eigenvalue weighted by atomic mass is 9.95. The van der Waals surface area contributed by atoms with Crippen molar-refractivity contribution in [2.75, 3.05) is 6.54 Å². The highest BCUT2D eigenvalue weighted by molar-refractivity contribution is 5.96. The molecule has 0 aliphatic carbocycles. The van der Waals surface area contributed by atoms with Crippen LogP contribution in [0.4, 0.5) is 0 Å². The van der Waals surface area contributed by atoms with Crippen LogP contribution in [0.1, 0.15) is 43.2 Å². The van der Waals surface area contributed by atoms with Crippen LogP contribution in [-0.4, -0.2) is 45.4 Å². The number of amides is 2. The van der Waals surface area contributed by atoms with Gasteiger partial charge in [0.25, 0.3) is 0 Å². The predicted octanol–water partition coefficient (Wildman–Crippen LogP) is 1.40. The van der Waals surface area contributed by atoms with Crippen molar-refractivity contribution in [2.24, 2.45) is 0 Å². The maximum atomic E-state index is 12.7. The molecule has 2 saturated heterocycles. The second-order valence-electron chi connectivity index (χ2n) is 5.99. The molecule has 2 aliphatic heterocycles. The smallest absolute Gasteiger partial charge is 0.246 e. The standard InChI is InChI=1S/C15H21N3O3/c1-9-12(11(3)21-16-9)8-18-10(2)14(19)17-7-5-4-6-13(17)15(18)20/h10,13H,4-8H2,1-3H3. The molecule has 2 fully saturated rings. The van der Waals surface area contributed by atoms with Crippen molar-refractivity contribution in [1.29, 1.82) is 0 Å². The molecule has 1 aromatic heterocycles. The normalized spacial score (nSPS) is 26.2. The van der Waals surface area contributed by atoms with Gasteiger partial charge in [0.15, 0.2) is 0 Å². The Bertz CT molecular complexity index is 561. The lowest BCUT2D eigenvalue weighted by Gasteiger charge is -2.46. The Balaban J connectivity index is 1.87. The predicted molar refractivity (Wildman–Crippen MR) is 75.3 cm³/mol. The van der Waals surface area contributed by atoms with Gasteiger partial charge in [0.2, 0.25) is 11.8 Å². The average Bonchev–Trinajstić information content (AvgIpc) is 2.80. The third kappa shape index (κ3) is 2.22. The van der Waals surface area contributed by atoms with Crippen LogP contribution in [-0.2, 0) is 16.1 Å². The Morgan fingerprint density at radius 3 is 2.67 bits per heavy atom. The fourth-order valence-corrected chi connectivity index (χ4v) is 3.32. The molecule has 0 spiro atoms. The van der Waals surface area contributed by atoms with Crippen LogP contribution in [0.3, 0.4) is 0 Å². The summed E-state index contributed by atoms with van der Waals surface area (Å²) < 4.78 is 5.16. The van der Waals surface area contributed by atoms with Crippen LogP contribution in [0.15, 0.2) is 4.52 Å². The second kappa shape index (κ2) is 5.16. The summed E-state index contributed by atoms with van der Waals surface area (Å²) in [5.41, 5.74) is 1.69. The summed E-state index contributed by atoms with van der Waals surface area (Å²) in [7, 11) is 0. The third-order valence-corrected chi connectivity index (χ3v) is 4.69. The highest BCUT2D eigenvalue weighted by Crippen LogP contribution is 2.28. The van der Waals surface area contributed by atoms with Gasteiger partial charge in [-0.2, -0.15) is 0 Å². The number of piperidine rings is 1. The van der Waals surface area contributed by atoms with E-state index in [-0.39, 0.29) is 17.9 Å².